The highest BCUT2D eigenvalue weighted by Gasteiger charge is 2.06. The van der Waals surface area contributed by atoms with Crippen molar-refractivity contribution in [2.24, 2.45) is 0 Å². The average molecular weight is 226 g/mol. The first-order valence-corrected chi connectivity index (χ1v) is 6.03. The lowest BCUT2D eigenvalue weighted by molar-refractivity contribution is 0.577. The minimum absolute atomic E-state index is 0.438. The molecule has 88 valence electrons. The van der Waals surface area contributed by atoms with Crippen LogP contribution in [0.15, 0.2) is 48.7 Å². The van der Waals surface area contributed by atoms with Crippen molar-refractivity contribution in [2.45, 2.75) is 19.4 Å². The average Bonchev–Trinajstić information content (AvgIpc) is 2.42. The van der Waals surface area contributed by atoms with E-state index in [9.17, 15) is 0 Å². The predicted molar refractivity (Wildman–Crippen MR) is 71.8 cm³/mol. The van der Waals surface area contributed by atoms with Crippen molar-refractivity contribution in [2.75, 3.05) is 7.05 Å². The van der Waals surface area contributed by atoms with Gasteiger partial charge in [0.2, 0.25) is 0 Å². The molecule has 1 atom stereocenters. The van der Waals surface area contributed by atoms with Crippen molar-refractivity contribution >= 4 is 0 Å². The molecule has 1 aromatic carbocycles. The Morgan fingerprint density at radius 1 is 1.12 bits per heavy atom. The first-order chi connectivity index (χ1) is 8.35. The van der Waals surface area contributed by atoms with E-state index in [2.05, 4.69) is 41.5 Å². The van der Waals surface area contributed by atoms with Crippen LogP contribution < -0.4 is 5.32 Å². The van der Waals surface area contributed by atoms with Crippen LogP contribution in [-0.4, -0.2) is 12.0 Å². The molecule has 0 spiro atoms. The Balaban J connectivity index is 2.24. The van der Waals surface area contributed by atoms with Gasteiger partial charge in [0.25, 0.3) is 0 Å². The van der Waals surface area contributed by atoms with Crippen molar-refractivity contribution < 1.29 is 0 Å². The van der Waals surface area contributed by atoms with Gasteiger partial charge < -0.3 is 5.32 Å². The highest BCUT2D eigenvalue weighted by Crippen LogP contribution is 2.21. The normalized spacial score (nSPS) is 12.4. The summed E-state index contributed by atoms with van der Waals surface area (Å²) in [6.07, 6.45) is 2.92. The summed E-state index contributed by atoms with van der Waals surface area (Å²) < 4.78 is 0. The molecule has 0 fully saturated rings. The van der Waals surface area contributed by atoms with E-state index >= 15 is 0 Å². The van der Waals surface area contributed by atoms with Crippen molar-refractivity contribution in [3.63, 3.8) is 0 Å². The number of pyridine rings is 1. The highest BCUT2D eigenvalue weighted by atomic mass is 14.9. The van der Waals surface area contributed by atoms with Gasteiger partial charge in [0.15, 0.2) is 0 Å². The second kappa shape index (κ2) is 5.60. The second-order valence-electron chi connectivity index (χ2n) is 4.09. The molecule has 2 rings (SSSR count). The maximum absolute atomic E-state index is 4.35. The topological polar surface area (TPSA) is 24.9 Å². The van der Waals surface area contributed by atoms with E-state index in [1.54, 1.807) is 0 Å². The SMILES string of the molecule is CCC(NC)c1ccc(-c2ccccn2)cc1. The molecule has 1 N–H and O–H groups in total. The van der Waals surface area contributed by atoms with Gasteiger partial charge in [-0.1, -0.05) is 37.3 Å². The van der Waals surface area contributed by atoms with Gasteiger partial charge in [-0.3, -0.25) is 4.98 Å². The summed E-state index contributed by atoms with van der Waals surface area (Å²) in [6, 6.07) is 15.0. The summed E-state index contributed by atoms with van der Waals surface area (Å²) in [4.78, 5) is 4.35. The zero-order valence-corrected chi connectivity index (χ0v) is 10.4. The maximum atomic E-state index is 4.35. The molecule has 1 aromatic heterocycles. The van der Waals surface area contributed by atoms with E-state index in [4.69, 9.17) is 0 Å². The zero-order chi connectivity index (χ0) is 12.1. The number of nitrogens with zero attached hydrogens (tertiary/aromatic N) is 1. The van der Waals surface area contributed by atoms with Gasteiger partial charge in [0.05, 0.1) is 5.69 Å². The molecular weight excluding hydrogens is 208 g/mol. The smallest absolute Gasteiger partial charge is 0.0701 e. The Kier molecular flexibility index (Phi) is 3.89. The van der Waals surface area contributed by atoms with Gasteiger partial charge in [0.1, 0.15) is 0 Å². The second-order valence-corrected chi connectivity index (χ2v) is 4.09. The third kappa shape index (κ3) is 2.71. The van der Waals surface area contributed by atoms with Gasteiger partial charge in [-0.05, 0) is 31.2 Å². The fourth-order valence-electron chi connectivity index (χ4n) is 2.03. The minimum atomic E-state index is 0.438. The number of hydrogen-bond donors (Lipinski definition) is 1. The van der Waals surface area contributed by atoms with Crippen LogP contribution >= 0.6 is 0 Å². The molecule has 2 heteroatoms. The van der Waals surface area contributed by atoms with Crippen LogP contribution in [0.25, 0.3) is 11.3 Å². The molecule has 0 aliphatic rings. The van der Waals surface area contributed by atoms with Crippen LogP contribution in [0, 0.1) is 0 Å². The Labute approximate surface area is 103 Å². The fraction of sp³-hybridized carbons (Fsp3) is 0.267. The summed E-state index contributed by atoms with van der Waals surface area (Å²) in [5.74, 6) is 0. The number of aromatic nitrogens is 1. The highest BCUT2D eigenvalue weighted by molar-refractivity contribution is 5.59. The van der Waals surface area contributed by atoms with Crippen molar-refractivity contribution in [3.8, 4) is 11.3 Å². The van der Waals surface area contributed by atoms with Crippen LogP contribution in [0.2, 0.25) is 0 Å². The molecule has 0 aliphatic carbocycles. The lowest BCUT2D eigenvalue weighted by atomic mass is 10.0. The molecule has 0 saturated carbocycles. The van der Waals surface area contributed by atoms with E-state index in [1.807, 2.05) is 31.4 Å². The fourth-order valence-corrected chi connectivity index (χ4v) is 2.03. The van der Waals surface area contributed by atoms with Crippen molar-refractivity contribution in [3.05, 3.63) is 54.2 Å². The molecule has 1 unspecified atom stereocenters. The molecule has 0 bridgehead atoms. The first-order valence-electron chi connectivity index (χ1n) is 6.03. The Hall–Kier alpha value is -1.67. The van der Waals surface area contributed by atoms with Crippen LogP contribution in [0.1, 0.15) is 24.9 Å². The molecule has 0 radical (unpaired) electrons. The van der Waals surface area contributed by atoms with Crippen LogP contribution in [0.3, 0.4) is 0 Å². The largest absolute Gasteiger partial charge is 0.313 e. The molecule has 0 aliphatic heterocycles. The zero-order valence-electron chi connectivity index (χ0n) is 10.4. The minimum Gasteiger partial charge on any atom is -0.313 e. The van der Waals surface area contributed by atoms with Gasteiger partial charge in [0, 0.05) is 17.8 Å². The van der Waals surface area contributed by atoms with E-state index in [-0.39, 0.29) is 0 Å². The summed E-state index contributed by atoms with van der Waals surface area (Å²) >= 11 is 0. The maximum Gasteiger partial charge on any atom is 0.0701 e. The van der Waals surface area contributed by atoms with Crippen LogP contribution in [0.4, 0.5) is 0 Å². The molecule has 1 heterocycles. The first kappa shape index (κ1) is 11.8. The molecule has 2 nitrogen and oxygen atoms in total. The number of nitrogens with one attached hydrogen (secondary N) is 1. The lowest BCUT2D eigenvalue weighted by Crippen LogP contribution is -2.14. The van der Waals surface area contributed by atoms with E-state index < -0.39 is 0 Å². The molecule has 17 heavy (non-hydrogen) atoms. The van der Waals surface area contributed by atoms with E-state index in [1.165, 1.54) is 11.1 Å². The number of rotatable bonds is 4. The number of hydrogen-bond acceptors (Lipinski definition) is 2. The monoisotopic (exact) mass is 226 g/mol. The quantitative estimate of drug-likeness (QED) is 0.864. The van der Waals surface area contributed by atoms with Gasteiger partial charge in [-0.2, -0.15) is 0 Å². The van der Waals surface area contributed by atoms with Gasteiger partial charge >= 0.3 is 0 Å². The summed E-state index contributed by atoms with van der Waals surface area (Å²) in [6.45, 7) is 2.19. The van der Waals surface area contributed by atoms with Crippen LogP contribution in [0.5, 0.6) is 0 Å². The summed E-state index contributed by atoms with van der Waals surface area (Å²) in [5.41, 5.74) is 3.52. The third-order valence-corrected chi connectivity index (χ3v) is 3.03. The predicted octanol–water partition coefficient (Wildman–Crippen LogP) is 3.42. The standard InChI is InChI=1S/C15H18N2/c1-3-14(16-2)12-7-9-13(10-8-12)15-6-4-5-11-17-15/h4-11,14,16H,3H2,1-2H3. The van der Waals surface area contributed by atoms with Gasteiger partial charge in [-0.25, -0.2) is 0 Å². The number of benzene rings is 1. The molecular formula is C15H18N2. The van der Waals surface area contributed by atoms with Gasteiger partial charge in [-0.15, -0.1) is 0 Å². The van der Waals surface area contributed by atoms with Crippen molar-refractivity contribution in [1.82, 2.24) is 10.3 Å². The van der Waals surface area contributed by atoms with E-state index in [0.717, 1.165) is 12.1 Å². The van der Waals surface area contributed by atoms with E-state index in [0.29, 0.717) is 6.04 Å². The molecule has 0 amide bonds. The molecule has 2 aromatic rings. The Morgan fingerprint density at radius 3 is 2.41 bits per heavy atom. The summed E-state index contributed by atoms with van der Waals surface area (Å²) in [7, 11) is 2.00. The third-order valence-electron chi connectivity index (χ3n) is 3.03. The van der Waals surface area contributed by atoms with Crippen LogP contribution in [-0.2, 0) is 0 Å². The lowest BCUT2D eigenvalue weighted by Gasteiger charge is -2.14. The Bertz CT molecular complexity index is 444. The Morgan fingerprint density at radius 2 is 1.88 bits per heavy atom. The van der Waals surface area contributed by atoms with Crippen molar-refractivity contribution in [1.29, 1.82) is 0 Å². The summed E-state index contributed by atoms with van der Waals surface area (Å²) in [5, 5.41) is 3.31. The molecule has 0 saturated heterocycles.